The van der Waals surface area contributed by atoms with Crippen LogP contribution in [0.5, 0.6) is 0 Å². The van der Waals surface area contributed by atoms with Crippen LogP contribution in [0.3, 0.4) is 0 Å². The van der Waals surface area contributed by atoms with E-state index in [2.05, 4.69) is 10.2 Å². The number of nitrogens with zero attached hydrogens (tertiary/aromatic N) is 4. The zero-order valence-corrected chi connectivity index (χ0v) is 14.5. The largest absolute Gasteiger partial charge is 0.338 e. The van der Waals surface area contributed by atoms with Crippen LogP contribution in [0.15, 0.2) is 30.9 Å². The quantitative estimate of drug-likeness (QED) is 0.815. The molecule has 1 amide bonds. The first kappa shape index (κ1) is 16.6. The Bertz CT molecular complexity index is 846. The first-order chi connectivity index (χ1) is 11.4. The molecule has 0 radical (unpaired) electrons. The summed E-state index contributed by atoms with van der Waals surface area (Å²) < 4.78 is 25.8. The van der Waals surface area contributed by atoms with E-state index in [1.807, 2.05) is 25.1 Å². The van der Waals surface area contributed by atoms with Crippen molar-refractivity contribution in [1.82, 2.24) is 19.7 Å². The molecule has 1 saturated heterocycles. The van der Waals surface area contributed by atoms with Crippen LogP contribution in [-0.2, 0) is 9.84 Å². The van der Waals surface area contributed by atoms with E-state index in [-0.39, 0.29) is 18.2 Å². The van der Waals surface area contributed by atoms with E-state index in [9.17, 15) is 13.2 Å². The maximum absolute atomic E-state index is 13.0. The maximum atomic E-state index is 13.0. The molecule has 0 bridgehead atoms. The minimum atomic E-state index is -3.13. The van der Waals surface area contributed by atoms with Crippen molar-refractivity contribution in [3.63, 3.8) is 0 Å². The van der Waals surface area contributed by atoms with E-state index in [0.29, 0.717) is 24.2 Å². The molecule has 128 valence electrons. The van der Waals surface area contributed by atoms with E-state index in [4.69, 9.17) is 0 Å². The Morgan fingerprint density at radius 3 is 2.62 bits per heavy atom. The first-order valence-corrected chi connectivity index (χ1v) is 9.56. The monoisotopic (exact) mass is 348 g/mol. The van der Waals surface area contributed by atoms with Gasteiger partial charge in [0.05, 0.1) is 22.3 Å². The second-order valence-electron chi connectivity index (χ2n) is 6.15. The number of rotatable bonds is 2. The van der Waals surface area contributed by atoms with Gasteiger partial charge in [-0.1, -0.05) is 11.6 Å². The van der Waals surface area contributed by atoms with Crippen LogP contribution in [0.2, 0.25) is 0 Å². The molecule has 1 aliphatic heterocycles. The third-order valence-electron chi connectivity index (χ3n) is 4.43. The summed E-state index contributed by atoms with van der Waals surface area (Å²) >= 11 is 0. The highest BCUT2D eigenvalue weighted by Crippen LogP contribution is 2.21. The molecule has 1 aromatic carbocycles. The molecule has 2 aromatic rings. The lowest BCUT2D eigenvalue weighted by Crippen LogP contribution is -2.34. The van der Waals surface area contributed by atoms with Crippen molar-refractivity contribution in [1.29, 1.82) is 0 Å². The lowest BCUT2D eigenvalue weighted by Gasteiger charge is -2.21. The smallest absolute Gasteiger partial charge is 0.256 e. The number of sulfone groups is 1. The average Bonchev–Trinajstić information content (AvgIpc) is 3.03. The second-order valence-corrected chi connectivity index (χ2v) is 8.69. The van der Waals surface area contributed by atoms with Gasteiger partial charge in [-0.3, -0.25) is 9.36 Å². The Balaban J connectivity index is 1.94. The van der Waals surface area contributed by atoms with Gasteiger partial charge < -0.3 is 4.90 Å². The summed E-state index contributed by atoms with van der Waals surface area (Å²) in [7, 11) is -3.13. The lowest BCUT2D eigenvalue weighted by atomic mass is 10.1. The SMILES string of the molecule is Cc1ccc(-n2cnnc2)c(C(=O)N2CCC(C)S(=O)(=O)CC2)c1. The Kier molecular flexibility index (Phi) is 4.40. The van der Waals surface area contributed by atoms with Crippen LogP contribution in [0.1, 0.15) is 29.3 Å². The molecule has 0 spiro atoms. The van der Waals surface area contributed by atoms with Gasteiger partial charge in [0.15, 0.2) is 9.84 Å². The summed E-state index contributed by atoms with van der Waals surface area (Å²) in [5.74, 6) is -0.153. The first-order valence-electron chi connectivity index (χ1n) is 7.85. The van der Waals surface area contributed by atoms with E-state index in [1.165, 1.54) is 12.7 Å². The Morgan fingerprint density at radius 2 is 1.92 bits per heavy atom. The van der Waals surface area contributed by atoms with E-state index in [1.54, 1.807) is 16.4 Å². The van der Waals surface area contributed by atoms with Crippen LogP contribution in [0.25, 0.3) is 5.69 Å². The van der Waals surface area contributed by atoms with Crippen molar-refractivity contribution in [3.05, 3.63) is 42.0 Å². The van der Waals surface area contributed by atoms with Crippen LogP contribution in [0.4, 0.5) is 0 Å². The number of amides is 1. The fourth-order valence-electron chi connectivity index (χ4n) is 2.81. The fraction of sp³-hybridized carbons (Fsp3) is 0.438. The molecule has 8 heteroatoms. The highest BCUT2D eigenvalue weighted by atomic mass is 32.2. The molecular weight excluding hydrogens is 328 g/mol. The molecule has 0 N–H and O–H groups in total. The predicted molar refractivity (Wildman–Crippen MR) is 89.9 cm³/mol. The molecule has 3 rings (SSSR count). The van der Waals surface area contributed by atoms with Crippen molar-refractivity contribution < 1.29 is 13.2 Å². The number of aryl methyl sites for hydroxylation is 1. The molecular formula is C16H20N4O3S. The molecule has 1 aromatic heterocycles. The van der Waals surface area contributed by atoms with Gasteiger partial charge in [-0.05, 0) is 32.4 Å². The number of hydrogen-bond donors (Lipinski definition) is 0. The highest BCUT2D eigenvalue weighted by Gasteiger charge is 2.29. The van der Waals surface area contributed by atoms with Gasteiger partial charge in [-0.25, -0.2) is 8.42 Å². The van der Waals surface area contributed by atoms with Crippen LogP contribution in [0, 0.1) is 6.92 Å². The third kappa shape index (κ3) is 3.19. The van der Waals surface area contributed by atoms with E-state index < -0.39 is 15.1 Å². The fourth-order valence-corrected chi connectivity index (χ4v) is 4.15. The van der Waals surface area contributed by atoms with Gasteiger partial charge in [-0.15, -0.1) is 10.2 Å². The Labute approximate surface area is 141 Å². The predicted octanol–water partition coefficient (Wildman–Crippen LogP) is 1.22. The number of aromatic nitrogens is 3. The minimum absolute atomic E-state index is 0.00763. The normalized spacial score (nSPS) is 20.6. The molecule has 7 nitrogen and oxygen atoms in total. The van der Waals surface area contributed by atoms with Crippen molar-refractivity contribution in [2.45, 2.75) is 25.5 Å². The Hall–Kier alpha value is -2.22. The van der Waals surface area contributed by atoms with Crippen LogP contribution >= 0.6 is 0 Å². The molecule has 1 fully saturated rings. The van der Waals surface area contributed by atoms with Gasteiger partial charge in [-0.2, -0.15) is 0 Å². The van der Waals surface area contributed by atoms with Gasteiger partial charge in [0.2, 0.25) is 0 Å². The van der Waals surface area contributed by atoms with Gasteiger partial charge in [0, 0.05) is 13.1 Å². The summed E-state index contributed by atoms with van der Waals surface area (Å²) in [6, 6.07) is 5.59. The van der Waals surface area contributed by atoms with Gasteiger partial charge in [0.25, 0.3) is 5.91 Å². The molecule has 0 aliphatic carbocycles. The van der Waals surface area contributed by atoms with Gasteiger partial charge in [0.1, 0.15) is 12.7 Å². The highest BCUT2D eigenvalue weighted by molar-refractivity contribution is 7.92. The zero-order valence-electron chi connectivity index (χ0n) is 13.7. The molecule has 1 atom stereocenters. The summed E-state index contributed by atoms with van der Waals surface area (Å²) in [6.07, 6.45) is 3.54. The Morgan fingerprint density at radius 1 is 1.21 bits per heavy atom. The minimum Gasteiger partial charge on any atom is -0.338 e. The standard InChI is InChI=1S/C16H20N4O3S/c1-12-3-4-15(20-10-17-18-11-20)14(9-12)16(21)19-6-5-13(2)24(22,23)8-7-19/h3-4,9-11,13H,5-8H2,1-2H3. The van der Waals surface area contributed by atoms with Crippen LogP contribution < -0.4 is 0 Å². The summed E-state index contributed by atoms with van der Waals surface area (Å²) in [6.45, 7) is 4.29. The van der Waals surface area contributed by atoms with Crippen LogP contribution in [-0.4, -0.2) is 58.1 Å². The second kappa shape index (κ2) is 6.35. The number of carbonyl (C=O) groups excluding carboxylic acids is 1. The van der Waals surface area contributed by atoms with Gasteiger partial charge >= 0.3 is 0 Å². The molecule has 1 unspecified atom stereocenters. The van der Waals surface area contributed by atoms with Crippen molar-refractivity contribution >= 4 is 15.7 Å². The van der Waals surface area contributed by atoms with Crippen molar-refractivity contribution in [3.8, 4) is 5.69 Å². The maximum Gasteiger partial charge on any atom is 0.256 e. The molecule has 2 heterocycles. The number of benzene rings is 1. The topological polar surface area (TPSA) is 85.2 Å². The third-order valence-corrected chi connectivity index (χ3v) is 6.64. The zero-order chi connectivity index (χ0) is 17.3. The van der Waals surface area contributed by atoms with E-state index >= 15 is 0 Å². The average molecular weight is 348 g/mol. The summed E-state index contributed by atoms with van der Waals surface area (Å²) in [4.78, 5) is 14.6. The summed E-state index contributed by atoms with van der Waals surface area (Å²) in [5.41, 5.74) is 2.18. The number of carbonyl (C=O) groups is 1. The van der Waals surface area contributed by atoms with E-state index in [0.717, 1.165) is 5.56 Å². The summed E-state index contributed by atoms with van der Waals surface area (Å²) in [5, 5.41) is 7.16. The molecule has 1 aliphatic rings. The van der Waals surface area contributed by atoms with Crippen molar-refractivity contribution in [2.75, 3.05) is 18.8 Å². The lowest BCUT2D eigenvalue weighted by molar-refractivity contribution is 0.0767. The molecule has 0 saturated carbocycles. The number of hydrogen-bond acceptors (Lipinski definition) is 5. The molecule has 24 heavy (non-hydrogen) atoms. The van der Waals surface area contributed by atoms with Crippen molar-refractivity contribution in [2.24, 2.45) is 0 Å².